The van der Waals surface area contributed by atoms with Crippen LogP contribution in [0.15, 0.2) is 48.8 Å². The molecule has 0 saturated heterocycles. The van der Waals surface area contributed by atoms with E-state index in [4.69, 9.17) is 20.4 Å². The topological polar surface area (TPSA) is 160 Å². The zero-order chi connectivity index (χ0) is 24.7. The van der Waals surface area contributed by atoms with Crippen molar-refractivity contribution in [1.82, 2.24) is 14.9 Å². The van der Waals surface area contributed by atoms with E-state index in [-0.39, 0.29) is 30.3 Å². The molecule has 1 aliphatic rings. The molecule has 4 rings (SSSR count). The molecule has 3 heterocycles. The molecule has 3 N–H and O–H groups in total. The minimum absolute atomic E-state index is 0.127. The van der Waals surface area contributed by atoms with Crippen LogP contribution in [0.3, 0.4) is 0 Å². The molecular weight excluding hydrogens is 438 g/mol. The van der Waals surface area contributed by atoms with E-state index in [0.29, 0.717) is 35.2 Å². The maximum Gasteiger partial charge on any atom is 0.337 e. The number of anilines is 1. The molecule has 0 fully saturated rings. The van der Waals surface area contributed by atoms with Gasteiger partial charge in [-0.2, -0.15) is 5.26 Å². The summed E-state index contributed by atoms with van der Waals surface area (Å²) >= 11 is 0. The van der Waals surface area contributed by atoms with E-state index in [1.807, 2.05) is 0 Å². The lowest BCUT2D eigenvalue weighted by molar-refractivity contribution is -0.122. The zero-order valence-corrected chi connectivity index (χ0v) is 18.3. The summed E-state index contributed by atoms with van der Waals surface area (Å²) in [6.07, 6.45) is 3.65. The molecule has 10 heteroatoms. The largest absolute Gasteiger partial charge is 0.483 e. The first-order valence-corrected chi connectivity index (χ1v) is 10.1. The highest BCUT2D eigenvalue weighted by Crippen LogP contribution is 2.35. The van der Waals surface area contributed by atoms with Gasteiger partial charge in [0.05, 0.1) is 18.4 Å². The van der Waals surface area contributed by atoms with Gasteiger partial charge < -0.3 is 20.5 Å². The lowest BCUT2D eigenvalue weighted by atomic mass is 9.90. The number of pyridine rings is 2. The Labute approximate surface area is 195 Å². The Morgan fingerprint density at radius 3 is 2.59 bits per heavy atom. The number of benzene rings is 1. The summed E-state index contributed by atoms with van der Waals surface area (Å²) in [5.41, 5.74) is 9.93. The molecular formula is C24H21N5O5. The predicted molar refractivity (Wildman–Crippen MR) is 122 cm³/mol. The van der Waals surface area contributed by atoms with Crippen LogP contribution in [0.4, 0.5) is 5.82 Å². The number of amides is 1. The molecule has 3 aromatic rings. The zero-order valence-electron chi connectivity index (χ0n) is 18.3. The number of carbonyl (C=O) groups excluding carboxylic acids is 2. The highest BCUT2D eigenvalue weighted by Gasteiger charge is 2.28. The molecule has 0 bridgehead atoms. The smallest absolute Gasteiger partial charge is 0.337 e. The van der Waals surface area contributed by atoms with Gasteiger partial charge in [0.15, 0.2) is 0 Å². The summed E-state index contributed by atoms with van der Waals surface area (Å²) in [5, 5.41) is 16.7. The van der Waals surface area contributed by atoms with Gasteiger partial charge in [0.2, 0.25) is 0 Å². The monoisotopic (exact) mass is 459 g/mol. The Morgan fingerprint density at radius 2 is 1.94 bits per heavy atom. The Morgan fingerprint density at radius 1 is 1.24 bits per heavy atom. The van der Waals surface area contributed by atoms with E-state index in [0.717, 1.165) is 11.3 Å². The lowest BCUT2D eigenvalue weighted by Gasteiger charge is -2.30. The lowest BCUT2D eigenvalue weighted by Crippen LogP contribution is -2.37. The highest BCUT2D eigenvalue weighted by atomic mass is 16.5. The number of carboxylic acid groups (broad SMARTS) is 1. The quantitative estimate of drug-likeness (QED) is 0.442. The Hall–Kier alpha value is -4.78. The summed E-state index contributed by atoms with van der Waals surface area (Å²) in [5.74, 6) is -0.475. The third kappa shape index (κ3) is 4.83. The van der Waals surface area contributed by atoms with Crippen LogP contribution >= 0.6 is 0 Å². The number of ether oxygens (including phenoxy) is 1. The van der Waals surface area contributed by atoms with Crippen molar-refractivity contribution < 1.29 is 24.2 Å². The molecule has 0 unspecified atom stereocenters. The van der Waals surface area contributed by atoms with E-state index >= 15 is 0 Å². The van der Waals surface area contributed by atoms with Gasteiger partial charge in [-0.3, -0.25) is 14.6 Å². The van der Waals surface area contributed by atoms with E-state index in [1.54, 1.807) is 53.7 Å². The Kier molecular flexibility index (Phi) is 7.51. The third-order valence-corrected chi connectivity index (χ3v) is 5.28. The first-order chi connectivity index (χ1) is 16.4. The van der Waals surface area contributed by atoms with E-state index in [1.165, 1.54) is 7.11 Å². The molecule has 1 aliphatic heterocycles. The molecule has 1 amide bonds. The predicted octanol–water partition coefficient (Wildman–Crippen LogP) is 2.28. The molecule has 0 radical (unpaired) electrons. The number of carbonyl (C=O) groups is 3. The summed E-state index contributed by atoms with van der Waals surface area (Å²) in [4.78, 5) is 43.5. The van der Waals surface area contributed by atoms with Crippen molar-refractivity contribution in [2.75, 3.05) is 19.4 Å². The number of hydrogen-bond donors (Lipinski definition) is 2. The fourth-order valence-corrected chi connectivity index (χ4v) is 3.78. The maximum absolute atomic E-state index is 13.0. The van der Waals surface area contributed by atoms with Crippen LogP contribution in [0, 0.1) is 11.3 Å². The van der Waals surface area contributed by atoms with Crippen molar-refractivity contribution in [1.29, 1.82) is 5.26 Å². The van der Waals surface area contributed by atoms with Gasteiger partial charge in [0, 0.05) is 48.6 Å². The molecule has 10 nitrogen and oxygen atoms in total. The molecule has 0 atom stereocenters. The second-order valence-electron chi connectivity index (χ2n) is 7.17. The number of nitrogen functional groups attached to an aromatic ring is 1. The number of rotatable bonds is 3. The molecule has 0 saturated carbocycles. The average molecular weight is 459 g/mol. The van der Waals surface area contributed by atoms with Crippen LogP contribution in [-0.2, 0) is 22.5 Å². The minimum atomic E-state index is -0.481. The Bertz CT molecular complexity index is 1270. The number of methoxy groups -OCH3 is 1. The van der Waals surface area contributed by atoms with Crippen molar-refractivity contribution in [2.45, 2.75) is 13.0 Å². The number of fused-ring (bicyclic) bond motifs is 1. The molecule has 0 aliphatic carbocycles. The van der Waals surface area contributed by atoms with Crippen molar-refractivity contribution in [3.05, 3.63) is 76.7 Å². The van der Waals surface area contributed by atoms with Crippen molar-refractivity contribution in [3.63, 3.8) is 0 Å². The van der Waals surface area contributed by atoms with Crippen LogP contribution in [-0.4, -0.2) is 52.0 Å². The highest BCUT2D eigenvalue weighted by molar-refractivity contribution is 5.95. The van der Waals surface area contributed by atoms with Crippen molar-refractivity contribution in [2.24, 2.45) is 0 Å². The second-order valence-corrected chi connectivity index (χ2v) is 7.17. The fraction of sp³-hybridized carbons (Fsp3) is 0.167. The van der Waals surface area contributed by atoms with E-state index in [2.05, 4.69) is 16.0 Å². The summed E-state index contributed by atoms with van der Waals surface area (Å²) < 4.78 is 4.82. The summed E-state index contributed by atoms with van der Waals surface area (Å²) in [6, 6.07) is 12.3. The Balaban J connectivity index is 0.00000103. The molecule has 1 aromatic carbocycles. The first-order valence-electron chi connectivity index (χ1n) is 10.1. The number of hydrogen-bond acceptors (Lipinski definition) is 8. The summed E-state index contributed by atoms with van der Waals surface area (Å²) in [7, 11) is 1.31. The molecule has 2 aromatic heterocycles. The molecule has 34 heavy (non-hydrogen) atoms. The number of aromatic nitrogens is 2. The first kappa shape index (κ1) is 23.9. The number of nitrogens with two attached hydrogens (primary N) is 1. The van der Waals surface area contributed by atoms with Crippen molar-refractivity contribution >= 4 is 24.2 Å². The second kappa shape index (κ2) is 10.7. The minimum Gasteiger partial charge on any atom is -0.483 e. The maximum atomic E-state index is 13.0. The van der Waals surface area contributed by atoms with Gasteiger partial charge in [-0.05, 0) is 29.8 Å². The van der Waals surface area contributed by atoms with Crippen LogP contribution < -0.4 is 5.73 Å². The number of nitrogens with zero attached hydrogens (tertiary/aromatic N) is 4. The van der Waals surface area contributed by atoms with Crippen LogP contribution in [0.25, 0.3) is 11.1 Å². The van der Waals surface area contributed by atoms with Crippen molar-refractivity contribution in [3.8, 4) is 17.2 Å². The van der Waals surface area contributed by atoms with Crippen LogP contribution in [0.2, 0.25) is 0 Å². The normalized spacial score (nSPS) is 11.8. The van der Waals surface area contributed by atoms with Gasteiger partial charge in [-0.1, -0.05) is 12.1 Å². The third-order valence-electron chi connectivity index (χ3n) is 5.28. The SMILES string of the molecule is COC(=O)c1cccc(-c2c(C#N)c(N)nc3c2CN(C(=O)c2ccncc2)CC3)c1.O=CO. The molecule has 172 valence electrons. The van der Waals surface area contributed by atoms with Gasteiger partial charge >= 0.3 is 5.97 Å². The van der Waals surface area contributed by atoms with E-state index in [9.17, 15) is 14.9 Å². The average Bonchev–Trinajstić information content (AvgIpc) is 2.87. The number of esters is 1. The summed E-state index contributed by atoms with van der Waals surface area (Å²) in [6.45, 7) is 0.504. The van der Waals surface area contributed by atoms with E-state index < -0.39 is 5.97 Å². The van der Waals surface area contributed by atoms with Gasteiger partial charge in [0.25, 0.3) is 12.4 Å². The van der Waals surface area contributed by atoms with Gasteiger partial charge in [-0.15, -0.1) is 0 Å². The number of nitriles is 1. The standard InChI is InChI=1S/C23H19N5O3.CH2O2/c1-31-23(30)16-4-2-3-15(11-16)20-17(12-24)21(25)27-19-7-10-28(13-18(19)20)22(29)14-5-8-26-9-6-14;2-1-3/h2-6,8-9,11H,7,10,13H2,1H3,(H2,25,27);1H,(H,2,3). The van der Waals surface area contributed by atoms with Gasteiger partial charge in [0.1, 0.15) is 17.5 Å². The van der Waals surface area contributed by atoms with Crippen LogP contribution in [0.1, 0.15) is 37.5 Å². The fourth-order valence-electron chi connectivity index (χ4n) is 3.78. The molecule has 0 spiro atoms. The van der Waals surface area contributed by atoms with Gasteiger partial charge in [-0.25, -0.2) is 9.78 Å². The van der Waals surface area contributed by atoms with Crippen LogP contribution in [0.5, 0.6) is 0 Å².